The molecule has 4 rings (SSSR count). The van der Waals surface area contributed by atoms with Crippen LogP contribution >= 0.6 is 0 Å². The van der Waals surface area contributed by atoms with Gasteiger partial charge in [0, 0.05) is 24.8 Å². The highest BCUT2D eigenvalue weighted by molar-refractivity contribution is 5.89. The number of benzene rings is 1. The lowest BCUT2D eigenvalue weighted by Gasteiger charge is -2.32. The number of nitrogens with one attached hydrogen (secondary N) is 3. The Labute approximate surface area is 164 Å². The van der Waals surface area contributed by atoms with Crippen molar-refractivity contribution in [3.8, 4) is 0 Å². The Morgan fingerprint density at radius 3 is 2.57 bits per heavy atom. The van der Waals surface area contributed by atoms with E-state index < -0.39 is 0 Å². The number of fused-ring (bicyclic) bond motifs is 1. The molecule has 2 aromatic heterocycles. The summed E-state index contributed by atoms with van der Waals surface area (Å²) in [6, 6.07) is 7.76. The Morgan fingerprint density at radius 1 is 1.18 bits per heavy atom. The van der Waals surface area contributed by atoms with Crippen molar-refractivity contribution in [1.82, 2.24) is 25.3 Å². The first-order valence-electron chi connectivity index (χ1n) is 9.72. The topological polar surface area (TPSA) is 98.8 Å². The van der Waals surface area contributed by atoms with E-state index in [9.17, 15) is 4.79 Å². The van der Waals surface area contributed by atoms with E-state index in [2.05, 4.69) is 35.5 Å². The highest BCUT2D eigenvalue weighted by Gasteiger charge is 2.22. The molecule has 0 unspecified atom stereocenters. The van der Waals surface area contributed by atoms with Crippen LogP contribution in [0.15, 0.2) is 36.8 Å². The first-order valence-corrected chi connectivity index (χ1v) is 9.72. The van der Waals surface area contributed by atoms with Gasteiger partial charge in [0.05, 0.1) is 6.20 Å². The van der Waals surface area contributed by atoms with Gasteiger partial charge in [0.25, 0.3) is 0 Å². The minimum atomic E-state index is -0.161. The van der Waals surface area contributed by atoms with Crippen molar-refractivity contribution in [1.29, 1.82) is 0 Å². The molecule has 3 aromatic rings. The smallest absolute Gasteiger partial charge is 0.319 e. The van der Waals surface area contributed by atoms with E-state index in [0.29, 0.717) is 5.65 Å². The number of rotatable bonds is 3. The van der Waals surface area contributed by atoms with Crippen LogP contribution in [0.5, 0.6) is 0 Å². The van der Waals surface area contributed by atoms with Gasteiger partial charge in [-0.3, -0.25) is 0 Å². The second-order valence-electron chi connectivity index (χ2n) is 6.55. The van der Waals surface area contributed by atoms with Gasteiger partial charge in [-0.05, 0) is 31.9 Å². The van der Waals surface area contributed by atoms with Crippen molar-refractivity contribution < 1.29 is 4.79 Å². The van der Waals surface area contributed by atoms with Gasteiger partial charge < -0.3 is 20.5 Å². The number of H-pyrrole nitrogens is 1. The molecule has 1 aromatic carbocycles. The van der Waals surface area contributed by atoms with Crippen LogP contribution in [0.25, 0.3) is 11.2 Å². The van der Waals surface area contributed by atoms with Crippen LogP contribution in [0.1, 0.15) is 32.3 Å². The number of imidazole rings is 1. The van der Waals surface area contributed by atoms with E-state index in [1.807, 2.05) is 45.0 Å². The highest BCUT2D eigenvalue weighted by atomic mass is 16.2. The maximum atomic E-state index is 12.2. The van der Waals surface area contributed by atoms with Crippen molar-refractivity contribution >= 4 is 28.8 Å². The summed E-state index contributed by atoms with van der Waals surface area (Å²) >= 11 is 0. The SMILES string of the molecule is CC.Cc1ccc(NC(=O)NC2CCN(c3nc4ncncc4[nH]3)CC2)cc1. The summed E-state index contributed by atoms with van der Waals surface area (Å²) in [6.07, 6.45) is 4.95. The zero-order chi connectivity index (χ0) is 19.9. The van der Waals surface area contributed by atoms with E-state index >= 15 is 0 Å². The van der Waals surface area contributed by atoms with Crippen molar-refractivity contribution in [2.24, 2.45) is 0 Å². The van der Waals surface area contributed by atoms with Gasteiger partial charge >= 0.3 is 6.03 Å². The molecule has 0 bridgehead atoms. The molecular formula is C20H27N7O. The average molecular weight is 381 g/mol. The quantitative estimate of drug-likeness (QED) is 0.645. The molecule has 0 aliphatic carbocycles. The normalized spacial score (nSPS) is 14.3. The van der Waals surface area contributed by atoms with Crippen LogP contribution in [0.2, 0.25) is 0 Å². The fourth-order valence-electron chi connectivity index (χ4n) is 3.12. The average Bonchev–Trinajstić information content (AvgIpc) is 3.16. The Balaban J connectivity index is 0.00000109. The number of piperidine rings is 1. The molecule has 2 amide bonds. The molecule has 3 heterocycles. The largest absolute Gasteiger partial charge is 0.342 e. The van der Waals surface area contributed by atoms with E-state index in [-0.39, 0.29) is 12.1 Å². The molecule has 28 heavy (non-hydrogen) atoms. The summed E-state index contributed by atoms with van der Waals surface area (Å²) in [4.78, 5) is 30.2. The third-order valence-corrected chi connectivity index (χ3v) is 4.59. The monoisotopic (exact) mass is 381 g/mol. The molecule has 8 heteroatoms. The zero-order valence-corrected chi connectivity index (χ0v) is 16.6. The highest BCUT2D eigenvalue weighted by Crippen LogP contribution is 2.19. The molecule has 1 aliphatic rings. The van der Waals surface area contributed by atoms with Gasteiger partial charge in [-0.25, -0.2) is 14.8 Å². The minimum absolute atomic E-state index is 0.154. The fraction of sp³-hybridized carbons (Fsp3) is 0.400. The van der Waals surface area contributed by atoms with E-state index in [0.717, 1.165) is 43.1 Å². The Morgan fingerprint density at radius 2 is 1.89 bits per heavy atom. The molecule has 0 spiro atoms. The lowest BCUT2D eigenvalue weighted by Crippen LogP contribution is -2.46. The second kappa shape index (κ2) is 9.16. The fourth-order valence-corrected chi connectivity index (χ4v) is 3.12. The van der Waals surface area contributed by atoms with Gasteiger partial charge in [-0.1, -0.05) is 31.5 Å². The van der Waals surface area contributed by atoms with Crippen molar-refractivity contribution in [2.45, 2.75) is 39.7 Å². The first kappa shape index (κ1) is 19.6. The lowest BCUT2D eigenvalue weighted by atomic mass is 10.1. The van der Waals surface area contributed by atoms with Crippen LogP contribution < -0.4 is 15.5 Å². The van der Waals surface area contributed by atoms with E-state index in [1.165, 1.54) is 11.9 Å². The van der Waals surface area contributed by atoms with Gasteiger partial charge in [-0.15, -0.1) is 0 Å². The summed E-state index contributed by atoms with van der Waals surface area (Å²) in [5.41, 5.74) is 3.47. The van der Waals surface area contributed by atoms with Crippen LogP contribution in [-0.4, -0.2) is 45.1 Å². The van der Waals surface area contributed by atoms with Gasteiger partial charge in [-0.2, -0.15) is 4.98 Å². The molecule has 0 saturated carbocycles. The number of aromatic nitrogens is 4. The Kier molecular flexibility index (Phi) is 6.41. The number of carbonyl (C=O) groups is 1. The number of hydrogen-bond donors (Lipinski definition) is 3. The van der Waals surface area contributed by atoms with E-state index in [1.54, 1.807) is 6.20 Å². The second-order valence-corrected chi connectivity index (χ2v) is 6.55. The number of amides is 2. The number of urea groups is 1. The van der Waals surface area contributed by atoms with Crippen LogP contribution in [0.3, 0.4) is 0 Å². The van der Waals surface area contributed by atoms with Gasteiger partial charge in [0.1, 0.15) is 11.8 Å². The number of carbonyl (C=O) groups excluding carboxylic acids is 1. The molecular weight excluding hydrogens is 354 g/mol. The zero-order valence-electron chi connectivity index (χ0n) is 16.6. The van der Waals surface area contributed by atoms with Crippen molar-refractivity contribution in [2.75, 3.05) is 23.3 Å². The summed E-state index contributed by atoms with van der Waals surface area (Å²) in [5.74, 6) is 0.808. The van der Waals surface area contributed by atoms with Crippen molar-refractivity contribution in [3.63, 3.8) is 0 Å². The Hall–Kier alpha value is -3.16. The minimum Gasteiger partial charge on any atom is -0.342 e. The first-order chi connectivity index (χ1) is 13.7. The summed E-state index contributed by atoms with van der Waals surface area (Å²) < 4.78 is 0. The molecule has 1 fully saturated rings. The molecule has 0 atom stereocenters. The number of aryl methyl sites for hydroxylation is 1. The molecule has 1 aliphatic heterocycles. The molecule has 1 saturated heterocycles. The standard InChI is InChI=1S/C18H21N7O.C2H6/c1-12-2-4-13(5-3-12)21-18(26)22-14-6-8-25(9-7-14)17-23-15-10-19-11-20-16(15)24-17;1-2/h2-5,10-11,14H,6-9H2,1H3,(H2,21,22,26)(H,19,20,23,24);1-2H3. The van der Waals surface area contributed by atoms with Crippen LogP contribution in [0, 0.1) is 6.92 Å². The summed E-state index contributed by atoms with van der Waals surface area (Å²) in [7, 11) is 0. The molecule has 148 valence electrons. The van der Waals surface area contributed by atoms with Crippen LogP contribution in [0.4, 0.5) is 16.4 Å². The van der Waals surface area contributed by atoms with Crippen molar-refractivity contribution in [3.05, 3.63) is 42.4 Å². The third-order valence-electron chi connectivity index (χ3n) is 4.59. The van der Waals surface area contributed by atoms with Gasteiger partial charge in [0.2, 0.25) is 5.95 Å². The number of hydrogen-bond acceptors (Lipinski definition) is 5. The third kappa shape index (κ3) is 4.76. The number of aromatic amines is 1. The predicted molar refractivity (Wildman–Crippen MR) is 112 cm³/mol. The van der Waals surface area contributed by atoms with Gasteiger partial charge in [0.15, 0.2) is 5.65 Å². The molecule has 3 N–H and O–H groups in total. The Bertz CT molecular complexity index is 865. The maximum absolute atomic E-state index is 12.2. The lowest BCUT2D eigenvalue weighted by molar-refractivity contribution is 0.246. The summed E-state index contributed by atoms with van der Waals surface area (Å²) in [6.45, 7) is 7.66. The predicted octanol–water partition coefficient (Wildman–Crippen LogP) is 3.48. The van der Waals surface area contributed by atoms with E-state index in [4.69, 9.17) is 0 Å². The summed E-state index contributed by atoms with van der Waals surface area (Å²) in [5, 5.41) is 5.93. The van der Waals surface area contributed by atoms with Crippen LogP contribution in [-0.2, 0) is 0 Å². The molecule has 8 nitrogen and oxygen atoms in total. The maximum Gasteiger partial charge on any atom is 0.319 e. The number of anilines is 2. The molecule has 0 radical (unpaired) electrons. The number of nitrogens with zero attached hydrogens (tertiary/aromatic N) is 4.